The van der Waals surface area contributed by atoms with E-state index in [1.165, 1.54) is 24.3 Å². The molecule has 2 aromatic rings. The average molecular weight is 516 g/mol. The first-order valence-corrected chi connectivity index (χ1v) is 13.3. The summed E-state index contributed by atoms with van der Waals surface area (Å²) in [4.78, 5) is 14.4. The fourth-order valence-electron chi connectivity index (χ4n) is 5.59. The maximum Gasteiger partial charge on any atom is 0.426 e. The molecule has 1 aliphatic heterocycles. The highest BCUT2D eigenvalue weighted by molar-refractivity contribution is 7.91. The van der Waals surface area contributed by atoms with Crippen molar-refractivity contribution in [2.75, 3.05) is 18.6 Å². The molecule has 3 atom stereocenters. The summed E-state index contributed by atoms with van der Waals surface area (Å²) in [6.07, 6.45) is -2.56. The van der Waals surface area contributed by atoms with Gasteiger partial charge in [-0.05, 0) is 67.0 Å². The first-order valence-electron chi connectivity index (χ1n) is 11.3. The number of amides is 1. The van der Waals surface area contributed by atoms with Crippen LogP contribution in [0.2, 0.25) is 0 Å². The van der Waals surface area contributed by atoms with Crippen LogP contribution in [0, 0.1) is 5.82 Å². The molecule has 1 amide bonds. The molecule has 1 unspecified atom stereocenters. The van der Waals surface area contributed by atoms with Crippen molar-refractivity contribution in [1.29, 1.82) is 0 Å². The number of nitrogens with zero attached hydrogens (tertiary/aromatic N) is 1. The van der Waals surface area contributed by atoms with Crippen LogP contribution in [0.25, 0.3) is 0 Å². The number of carbonyl (C=O) groups excluding carboxylic acids is 1. The Hall–Kier alpha value is -2.49. The summed E-state index contributed by atoms with van der Waals surface area (Å²) >= 11 is 0. The number of rotatable bonds is 5. The maximum atomic E-state index is 14.7. The van der Waals surface area contributed by atoms with Crippen molar-refractivity contribution in [2.45, 2.75) is 55.9 Å². The van der Waals surface area contributed by atoms with Crippen LogP contribution in [0.4, 0.5) is 22.0 Å². The van der Waals surface area contributed by atoms with Crippen LogP contribution in [-0.4, -0.2) is 50.0 Å². The second-order valence-corrected chi connectivity index (χ2v) is 11.9. The first-order chi connectivity index (χ1) is 16.1. The van der Waals surface area contributed by atoms with E-state index in [1.807, 2.05) is 0 Å². The van der Waals surface area contributed by atoms with Gasteiger partial charge in [0.05, 0.1) is 0 Å². The van der Waals surface area contributed by atoms with Gasteiger partial charge in [-0.2, -0.15) is 13.2 Å². The highest BCUT2D eigenvalue weighted by Gasteiger charge is 2.55. The maximum absolute atomic E-state index is 14.7. The molecular formula is C25H26F5NO3S. The molecule has 1 saturated heterocycles. The predicted molar refractivity (Wildman–Crippen MR) is 121 cm³/mol. The van der Waals surface area contributed by atoms with Gasteiger partial charge in [0.1, 0.15) is 11.6 Å². The molecule has 35 heavy (non-hydrogen) atoms. The number of aryl methyl sites for hydroxylation is 1. The summed E-state index contributed by atoms with van der Waals surface area (Å²) in [5.74, 6) is -1.57. The van der Waals surface area contributed by atoms with Crippen molar-refractivity contribution in [3.05, 3.63) is 70.5 Å². The van der Waals surface area contributed by atoms with Gasteiger partial charge in [0.15, 0.2) is 9.84 Å². The lowest BCUT2D eigenvalue weighted by Gasteiger charge is -2.44. The zero-order valence-electron chi connectivity index (χ0n) is 19.3. The second kappa shape index (κ2) is 8.57. The topological polar surface area (TPSA) is 54.5 Å². The van der Waals surface area contributed by atoms with Gasteiger partial charge in [0, 0.05) is 24.3 Å². The molecule has 4 rings (SSSR count). The molecule has 0 radical (unpaired) electrons. The van der Waals surface area contributed by atoms with Crippen LogP contribution >= 0.6 is 0 Å². The number of fused-ring (bicyclic) bond motifs is 3. The van der Waals surface area contributed by atoms with Gasteiger partial charge >= 0.3 is 6.18 Å². The van der Waals surface area contributed by atoms with E-state index in [0.29, 0.717) is 38.2 Å². The normalized spacial score (nSPS) is 24.0. The summed E-state index contributed by atoms with van der Waals surface area (Å²) in [6, 6.07) is 9.38. The molecule has 10 heteroatoms. The van der Waals surface area contributed by atoms with E-state index in [4.69, 9.17) is 0 Å². The molecule has 0 bridgehead atoms. The third-order valence-corrected chi connectivity index (χ3v) is 8.13. The Morgan fingerprint density at radius 3 is 2.37 bits per heavy atom. The number of hydrogen-bond donors (Lipinski definition) is 0. The van der Waals surface area contributed by atoms with E-state index < -0.39 is 50.1 Å². The standard InChI is InChI=1S/C25H26F5NO3S/c1-23(27,25(28,29)30)18-6-9-20-17(13-18)5-10-21-24(20,14-16-3-7-19(26)8-4-16)11-12-31(21)22(32)15-35(2,33)34/h3-4,6-9,13,21H,5,10-12,14-15H2,1-2H3/t21-,23?,24-/m1/s1. The van der Waals surface area contributed by atoms with E-state index >= 15 is 0 Å². The lowest BCUT2D eigenvalue weighted by molar-refractivity contribution is -0.228. The number of sulfone groups is 1. The molecule has 1 fully saturated rings. The molecular weight excluding hydrogens is 489 g/mol. The molecule has 0 saturated carbocycles. The summed E-state index contributed by atoms with van der Waals surface area (Å²) < 4.78 is 91.8. The van der Waals surface area contributed by atoms with E-state index in [0.717, 1.165) is 23.4 Å². The Morgan fingerprint density at radius 2 is 1.77 bits per heavy atom. The van der Waals surface area contributed by atoms with Gasteiger partial charge < -0.3 is 4.90 Å². The van der Waals surface area contributed by atoms with Gasteiger partial charge in [-0.25, -0.2) is 17.2 Å². The molecule has 4 nitrogen and oxygen atoms in total. The molecule has 2 aromatic carbocycles. The Kier molecular flexibility index (Phi) is 6.27. The summed E-state index contributed by atoms with van der Waals surface area (Å²) in [5.41, 5.74) is -2.66. The van der Waals surface area contributed by atoms with Gasteiger partial charge in [0.2, 0.25) is 11.6 Å². The van der Waals surface area contributed by atoms with Crippen molar-refractivity contribution in [3.8, 4) is 0 Å². The van der Waals surface area contributed by atoms with Crippen LogP contribution in [0.5, 0.6) is 0 Å². The SMILES string of the molecule is CC(F)(c1ccc2c(c1)CC[C@H]1N(C(=O)CS(C)(=O)=O)CC[C@@]21Cc1ccc(F)cc1)C(F)(F)F. The lowest BCUT2D eigenvalue weighted by atomic mass is 9.63. The minimum Gasteiger partial charge on any atom is -0.338 e. The molecule has 0 spiro atoms. The molecule has 0 N–H and O–H groups in total. The van der Waals surface area contributed by atoms with Gasteiger partial charge in [0.25, 0.3) is 0 Å². The molecule has 190 valence electrons. The molecule has 2 aliphatic rings. The predicted octanol–water partition coefficient (Wildman–Crippen LogP) is 4.64. The third kappa shape index (κ3) is 4.69. The average Bonchev–Trinajstić information content (AvgIpc) is 3.12. The number of halogens is 5. The van der Waals surface area contributed by atoms with E-state index in [1.54, 1.807) is 17.0 Å². The summed E-state index contributed by atoms with van der Waals surface area (Å²) in [5, 5.41) is 0. The van der Waals surface area contributed by atoms with Crippen molar-refractivity contribution in [3.63, 3.8) is 0 Å². The second-order valence-electron chi connectivity index (χ2n) is 9.79. The van der Waals surface area contributed by atoms with E-state index in [2.05, 4.69) is 0 Å². The smallest absolute Gasteiger partial charge is 0.338 e. The Labute approximate surface area is 201 Å². The zero-order chi connectivity index (χ0) is 25.8. The van der Waals surface area contributed by atoms with Crippen LogP contribution in [-0.2, 0) is 38.6 Å². The lowest BCUT2D eigenvalue weighted by Crippen LogP contribution is -2.50. The highest BCUT2D eigenvalue weighted by Crippen LogP contribution is 2.51. The fraction of sp³-hybridized carbons (Fsp3) is 0.480. The Balaban J connectivity index is 1.79. The van der Waals surface area contributed by atoms with Crippen LogP contribution in [0.3, 0.4) is 0 Å². The fourth-order valence-corrected chi connectivity index (χ4v) is 6.21. The number of benzene rings is 2. The van der Waals surface area contributed by atoms with Crippen molar-refractivity contribution in [2.24, 2.45) is 0 Å². The van der Waals surface area contributed by atoms with Crippen molar-refractivity contribution < 1.29 is 35.2 Å². The monoisotopic (exact) mass is 515 g/mol. The highest BCUT2D eigenvalue weighted by atomic mass is 32.2. The van der Waals surface area contributed by atoms with Crippen molar-refractivity contribution >= 4 is 15.7 Å². The number of likely N-dealkylation sites (tertiary alicyclic amines) is 1. The van der Waals surface area contributed by atoms with E-state index in [9.17, 15) is 35.2 Å². The van der Waals surface area contributed by atoms with Crippen LogP contribution in [0.15, 0.2) is 42.5 Å². The zero-order valence-corrected chi connectivity index (χ0v) is 20.1. The number of carbonyl (C=O) groups is 1. The number of alkyl halides is 4. The minimum atomic E-state index is -5.08. The first kappa shape index (κ1) is 25.6. The Bertz CT molecular complexity index is 1240. The van der Waals surface area contributed by atoms with Gasteiger partial charge in [-0.3, -0.25) is 4.79 Å². The van der Waals surface area contributed by atoms with Gasteiger partial charge in [-0.15, -0.1) is 0 Å². The summed E-state index contributed by atoms with van der Waals surface area (Å²) in [7, 11) is -3.56. The third-order valence-electron chi connectivity index (χ3n) is 7.35. The van der Waals surface area contributed by atoms with Crippen molar-refractivity contribution in [1.82, 2.24) is 4.90 Å². The summed E-state index contributed by atoms with van der Waals surface area (Å²) in [6.45, 7) is 0.778. The van der Waals surface area contributed by atoms with Crippen LogP contribution in [0.1, 0.15) is 42.0 Å². The number of hydrogen-bond acceptors (Lipinski definition) is 3. The molecule has 1 heterocycles. The Morgan fingerprint density at radius 1 is 1.11 bits per heavy atom. The van der Waals surface area contributed by atoms with E-state index in [-0.39, 0.29) is 12.6 Å². The van der Waals surface area contributed by atoms with Gasteiger partial charge in [-0.1, -0.05) is 30.3 Å². The van der Waals surface area contributed by atoms with Crippen LogP contribution < -0.4 is 0 Å². The molecule has 0 aromatic heterocycles. The largest absolute Gasteiger partial charge is 0.426 e. The minimum absolute atomic E-state index is 0.283. The molecule has 1 aliphatic carbocycles. The quantitative estimate of drug-likeness (QED) is 0.545.